The summed E-state index contributed by atoms with van der Waals surface area (Å²) < 4.78 is 9.96. The van der Waals surface area contributed by atoms with E-state index in [9.17, 15) is 14.7 Å². The van der Waals surface area contributed by atoms with Crippen LogP contribution < -0.4 is 0 Å². The molecule has 0 spiro atoms. The Hall–Kier alpha value is -1.88. The normalized spacial score (nSPS) is 29.9. The summed E-state index contributed by atoms with van der Waals surface area (Å²) in [6, 6.07) is 9.12. The fraction of sp³-hybridized carbons (Fsp3) is 0.429. The molecule has 3 atom stereocenters. The zero-order chi connectivity index (χ0) is 14.0. The van der Waals surface area contributed by atoms with E-state index in [4.69, 9.17) is 9.47 Å². The van der Waals surface area contributed by atoms with Gasteiger partial charge in [0.25, 0.3) is 0 Å². The zero-order valence-corrected chi connectivity index (χ0v) is 10.8. The van der Waals surface area contributed by atoms with E-state index in [1.807, 2.05) is 18.2 Å². The van der Waals surface area contributed by atoms with E-state index in [2.05, 4.69) is 0 Å². The second-order valence-electron chi connectivity index (χ2n) is 4.69. The van der Waals surface area contributed by atoms with Crippen LogP contribution in [0.25, 0.3) is 0 Å². The molecular weight excluding hydrogens is 248 g/mol. The summed E-state index contributed by atoms with van der Waals surface area (Å²) in [5.41, 5.74) is -1.10. The van der Waals surface area contributed by atoms with Crippen molar-refractivity contribution in [3.8, 4) is 0 Å². The van der Waals surface area contributed by atoms with Gasteiger partial charge in [0.1, 0.15) is 12.7 Å². The average molecular weight is 264 g/mol. The number of benzene rings is 1. The van der Waals surface area contributed by atoms with Gasteiger partial charge in [-0.05, 0) is 19.4 Å². The fourth-order valence-corrected chi connectivity index (χ4v) is 2.08. The number of hydrogen-bond acceptors (Lipinski definition) is 5. The van der Waals surface area contributed by atoms with Crippen molar-refractivity contribution in [2.24, 2.45) is 5.92 Å². The maximum atomic E-state index is 12.0. The minimum absolute atomic E-state index is 0.0512. The topological polar surface area (TPSA) is 72.8 Å². The predicted octanol–water partition coefficient (Wildman–Crippen LogP) is 1.04. The van der Waals surface area contributed by atoms with Gasteiger partial charge in [0.05, 0.1) is 5.92 Å². The Labute approximate surface area is 111 Å². The lowest BCUT2D eigenvalue weighted by molar-refractivity contribution is -0.175. The molecule has 0 bridgehead atoms. The van der Waals surface area contributed by atoms with Gasteiger partial charge in [0.2, 0.25) is 5.60 Å². The van der Waals surface area contributed by atoms with Crippen LogP contribution in [-0.4, -0.2) is 28.8 Å². The van der Waals surface area contributed by atoms with E-state index in [0.29, 0.717) is 0 Å². The first-order valence-corrected chi connectivity index (χ1v) is 6.10. The monoisotopic (exact) mass is 264 g/mol. The van der Waals surface area contributed by atoms with Crippen molar-refractivity contribution in [2.45, 2.75) is 32.2 Å². The van der Waals surface area contributed by atoms with Crippen molar-refractivity contribution in [3.05, 3.63) is 35.9 Å². The van der Waals surface area contributed by atoms with Crippen molar-refractivity contribution in [2.75, 3.05) is 0 Å². The van der Waals surface area contributed by atoms with E-state index >= 15 is 0 Å². The predicted molar refractivity (Wildman–Crippen MR) is 65.9 cm³/mol. The van der Waals surface area contributed by atoms with Crippen LogP contribution in [-0.2, 0) is 25.7 Å². The Morgan fingerprint density at radius 2 is 2.00 bits per heavy atom. The van der Waals surface area contributed by atoms with Gasteiger partial charge in [-0.15, -0.1) is 0 Å². The Balaban J connectivity index is 2.05. The van der Waals surface area contributed by atoms with Crippen molar-refractivity contribution >= 4 is 11.9 Å². The molecule has 0 radical (unpaired) electrons. The first kappa shape index (κ1) is 13.5. The molecule has 102 valence electrons. The van der Waals surface area contributed by atoms with Crippen LogP contribution in [0, 0.1) is 5.92 Å². The molecular formula is C14H16O5. The van der Waals surface area contributed by atoms with E-state index < -0.39 is 29.6 Å². The van der Waals surface area contributed by atoms with Gasteiger partial charge >= 0.3 is 11.9 Å². The van der Waals surface area contributed by atoms with Crippen LogP contribution in [0.3, 0.4) is 0 Å². The third kappa shape index (κ3) is 2.33. The highest BCUT2D eigenvalue weighted by Gasteiger charge is 2.58. The third-order valence-electron chi connectivity index (χ3n) is 3.47. The third-order valence-corrected chi connectivity index (χ3v) is 3.47. The number of rotatable bonds is 3. The van der Waals surface area contributed by atoms with Gasteiger partial charge < -0.3 is 14.6 Å². The molecule has 5 nitrogen and oxygen atoms in total. The van der Waals surface area contributed by atoms with E-state index in [-0.39, 0.29) is 6.61 Å². The van der Waals surface area contributed by atoms with Crippen LogP contribution in [0.5, 0.6) is 0 Å². The number of cyclic esters (lactones) is 1. The van der Waals surface area contributed by atoms with Gasteiger partial charge in [-0.25, -0.2) is 4.79 Å². The quantitative estimate of drug-likeness (QED) is 0.826. The molecule has 0 unspecified atom stereocenters. The lowest BCUT2D eigenvalue weighted by Gasteiger charge is -2.25. The molecule has 1 N–H and O–H groups in total. The summed E-state index contributed by atoms with van der Waals surface area (Å²) in [5.74, 6) is -2.35. The highest BCUT2D eigenvalue weighted by atomic mass is 16.6. The maximum Gasteiger partial charge on any atom is 0.343 e. The summed E-state index contributed by atoms with van der Waals surface area (Å²) in [5, 5.41) is 10.3. The lowest BCUT2D eigenvalue weighted by Crippen LogP contribution is -2.50. The molecule has 1 aliphatic heterocycles. The molecule has 1 heterocycles. The first-order valence-electron chi connectivity index (χ1n) is 6.10. The minimum atomic E-state index is -1.91. The number of aliphatic hydroxyl groups is 1. The van der Waals surface area contributed by atoms with Crippen LogP contribution >= 0.6 is 0 Å². The van der Waals surface area contributed by atoms with Crippen molar-refractivity contribution in [1.29, 1.82) is 0 Å². The average Bonchev–Trinajstić information content (AvgIpc) is 2.62. The zero-order valence-electron chi connectivity index (χ0n) is 10.8. The van der Waals surface area contributed by atoms with Crippen LogP contribution in [0.15, 0.2) is 30.3 Å². The smallest absolute Gasteiger partial charge is 0.343 e. The van der Waals surface area contributed by atoms with Gasteiger partial charge in [-0.3, -0.25) is 4.79 Å². The molecule has 19 heavy (non-hydrogen) atoms. The van der Waals surface area contributed by atoms with E-state index in [0.717, 1.165) is 5.56 Å². The number of carbonyl (C=O) groups is 2. The van der Waals surface area contributed by atoms with E-state index in [1.54, 1.807) is 12.1 Å². The Morgan fingerprint density at radius 3 is 2.53 bits per heavy atom. The Bertz CT molecular complexity index is 484. The standard InChI is InChI=1S/C14H16O5/c1-9-12(15)19-10(2)14(9,17)13(16)18-8-11-6-4-3-5-7-11/h3-7,9-10,17H,8H2,1-2H3/t9-,10-,14+/m1/s1. The summed E-state index contributed by atoms with van der Waals surface area (Å²) in [7, 11) is 0. The number of hydrogen-bond donors (Lipinski definition) is 1. The van der Waals surface area contributed by atoms with Gasteiger partial charge in [0, 0.05) is 0 Å². The highest BCUT2D eigenvalue weighted by molar-refractivity contribution is 5.91. The minimum Gasteiger partial charge on any atom is -0.459 e. The molecule has 0 aromatic heterocycles. The molecule has 1 saturated heterocycles. The first-order chi connectivity index (χ1) is 8.96. The molecule has 1 aromatic carbocycles. The Morgan fingerprint density at radius 1 is 1.37 bits per heavy atom. The largest absolute Gasteiger partial charge is 0.459 e. The van der Waals surface area contributed by atoms with Gasteiger partial charge in [-0.2, -0.15) is 0 Å². The molecule has 2 rings (SSSR count). The van der Waals surface area contributed by atoms with Crippen molar-refractivity contribution in [3.63, 3.8) is 0 Å². The summed E-state index contributed by atoms with van der Waals surface area (Å²) >= 11 is 0. The number of carbonyl (C=O) groups excluding carboxylic acids is 2. The molecule has 1 aromatic rings. The van der Waals surface area contributed by atoms with Crippen molar-refractivity contribution in [1.82, 2.24) is 0 Å². The molecule has 5 heteroatoms. The molecule has 1 fully saturated rings. The van der Waals surface area contributed by atoms with Crippen LogP contribution in [0.2, 0.25) is 0 Å². The van der Waals surface area contributed by atoms with Crippen LogP contribution in [0.1, 0.15) is 19.4 Å². The summed E-state index contributed by atoms with van der Waals surface area (Å²) in [6.07, 6.45) is -0.904. The summed E-state index contributed by atoms with van der Waals surface area (Å²) in [4.78, 5) is 23.4. The lowest BCUT2D eigenvalue weighted by atomic mass is 9.87. The molecule has 0 saturated carbocycles. The number of ether oxygens (including phenoxy) is 2. The Kier molecular flexibility index (Phi) is 3.57. The van der Waals surface area contributed by atoms with E-state index in [1.165, 1.54) is 13.8 Å². The van der Waals surface area contributed by atoms with Gasteiger partial charge in [0.15, 0.2) is 0 Å². The van der Waals surface area contributed by atoms with Gasteiger partial charge in [-0.1, -0.05) is 30.3 Å². The highest BCUT2D eigenvalue weighted by Crippen LogP contribution is 2.33. The fourth-order valence-electron chi connectivity index (χ4n) is 2.08. The maximum absolute atomic E-state index is 12.0. The SMILES string of the molecule is C[C@@H]1C(=O)O[C@H](C)[C@]1(O)C(=O)OCc1ccccc1. The molecule has 0 aliphatic carbocycles. The molecule has 1 aliphatic rings. The van der Waals surface area contributed by atoms with Crippen LogP contribution in [0.4, 0.5) is 0 Å². The van der Waals surface area contributed by atoms with Crippen molar-refractivity contribution < 1.29 is 24.2 Å². The molecule has 0 amide bonds. The number of esters is 2. The second-order valence-corrected chi connectivity index (χ2v) is 4.69. The summed E-state index contributed by atoms with van der Waals surface area (Å²) in [6.45, 7) is 2.98. The second kappa shape index (κ2) is 5.01.